The van der Waals surface area contributed by atoms with E-state index in [0.717, 1.165) is 51.1 Å². The molecule has 17 heteroatoms. The number of likely N-dealkylation sites (N-methyl/N-ethyl adjacent to an activating group) is 1. The van der Waals surface area contributed by atoms with Crippen molar-refractivity contribution in [2.24, 2.45) is 16.7 Å². The minimum atomic E-state index is -1.09. The molecule has 1 aromatic carbocycles. The largest absolute Gasteiger partial charge is 0.464 e. The number of carbonyl (C=O) groups excluding carboxylic acids is 5. The fraction of sp³-hybridized carbons (Fsp3) is 0.554. The molecule has 4 amide bonds. The lowest BCUT2D eigenvalue weighted by Crippen LogP contribution is -2.64. The molecule has 9 rings (SSSR count). The zero-order chi connectivity index (χ0) is 51.8. The topological polar surface area (TPSA) is 172 Å². The minimum Gasteiger partial charge on any atom is -0.464 e. The standard InChI is InChI=1S/C56H71N9O8/c1-9-63-46-18-16-38-29-42(46)43(50(63)41-14-10-22-57-48(41)37(4)71-8)30-55(5,6)35-73-53(69)44-15-12-24-65(59-44)52(68)45(32-61-23-11-13-39(38)31-61)58-51(67)49(36(2)3)64-26-21-56(54(64)70)20-25-62(34-56)47(66)19-17-40-33-72-28-27-60(40)7/h10-11,13-14,16,18,22-23,29,31,36-37,40,44-45,49,59H,9,12,15,20-21,24-28,30,32-35H2,1-8H3/p+1/t37-,40-,44-,45-,49-,56-/m0/s1. The zero-order valence-electron chi connectivity index (χ0n) is 43.7. The molecule has 6 atom stereocenters. The molecule has 3 aromatic heterocycles. The van der Waals surface area contributed by atoms with Crippen molar-refractivity contribution < 1.29 is 42.8 Å². The second-order valence-corrected chi connectivity index (χ2v) is 21.8. The van der Waals surface area contributed by atoms with E-state index in [4.69, 9.17) is 19.2 Å². The number of rotatable bonds is 8. The zero-order valence-corrected chi connectivity index (χ0v) is 43.7. The highest BCUT2D eigenvalue weighted by Gasteiger charge is 2.54. The lowest BCUT2D eigenvalue weighted by Gasteiger charge is -2.36. The number of nitrogens with zero attached hydrogens (tertiary/aromatic N) is 7. The first-order valence-electron chi connectivity index (χ1n) is 26.1. The molecular weight excluding hydrogens is 927 g/mol. The number of benzene rings is 1. The molecule has 388 valence electrons. The van der Waals surface area contributed by atoms with E-state index in [1.807, 2.05) is 63.0 Å². The van der Waals surface area contributed by atoms with Gasteiger partial charge in [0.05, 0.1) is 48.8 Å². The van der Waals surface area contributed by atoms with E-state index in [0.29, 0.717) is 71.5 Å². The maximum Gasteiger partial charge on any atom is 0.324 e. The summed E-state index contributed by atoms with van der Waals surface area (Å²) in [4.78, 5) is 81.9. The van der Waals surface area contributed by atoms with Crippen molar-refractivity contribution in [2.45, 2.75) is 117 Å². The number of likely N-dealkylation sites (tertiary alicyclic amines) is 2. The Balaban J connectivity index is 1.03. The van der Waals surface area contributed by atoms with Gasteiger partial charge in [0.2, 0.25) is 11.8 Å². The summed E-state index contributed by atoms with van der Waals surface area (Å²) < 4.78 is 21.8. The summed E-state index contributed by atoms with van der Waals surface area (Å²) in [5.41, 5.74) is 8.75. The van der Waals surface area contributed by atoms with Crippen molar-refractivity contribution in [3.8, 4) is 34.2 Å². The van der Waals surface area contributed by atoms with Gasteiger partial charge in [-0.1, -0.05) is 39.7 Å². The number of methoxy groups -OCH3 is 1. The van der Waals surface area contributed by atoms with Crippen molar-refractivity contribution in [1.29, 1.82) is 0 Å². The molecule has 2 N–H and O–H groups in total. The van der Waals surface area contributed by atoms with E-state index in [1.54, 1.807) is 23.1 Å². The maximum atomic E-state index is 14.9. The molecular formula is C56H72N9O8+. The van der Waals surface area contributed by atoms with Crippen LogP contribution in [0.15, 0.2) is 61.1 Å². The highest BCUT2D eigenvalue weighted by Crippen LogP contribution is 2.44. The number of fused-ring (bicyclic) bond motifs is 6. The number of cyclic esters (lactones) is 1. The van der Waals surface area contributed by atoms with Gasteiger partial charge in [-0.3, -0.25) is 38.9 Å². The Bertz CT molecular complexity index is 2830. The SMILES string of the molecule is CCn1c(-c2cccnc2[C@H](C)OC)c2c3cc(ccc31)-c1ccc[n+](c1)C[C@H](NC(=O)[C@H](C(C)C)N1CC[C@]3(CCN(C(=O)C#C[C@H]4COCCN4C)C3)C1=O)C(=O)N1CCC[C@H](N1)C(=O)OCC(C)(C)C2. The van der Waals surface area contributed by atoms with Gasteiger partial charge >= 0.3 is 5.97 Å². The molecule has 0 unspecified atom stereocenters. The highest BCUT2D eigenvalue weighted by atomic mass is 16.5. The van der Waals surface area contributed by atoms with Crippen LogP contribution in [-0.2, 0) is 57.7 Å². The minimum absolute atomic E-state index is 0.0643. The van der Waals surface area contributed by atoms with Crippen LogP contribution in [0.4, 0.5) is 0 Å². The first-order chi connectivity index (χ1) is 35.0. The molecule has 4 aromatic rings. The molecule has 0 saturated carbocycles. The third kappa shape index (κ3) is 10.5. The Morgan fingerprint density at radius 3 is 2.62 bits per heavy atom. The molecule has 8 heterocycles. The number of aromatic nitrogens is 3. The number of carbonyl (C=O) groups is 5. The predicted octanol–water partition coefficient (Wildman–Crippen LogP) is 4.30. The molecule has 6 bridgehead atoms. The van der Waals surface area contributed by atoms with Crippen LogP contribution < -0.4 is 15.3 Å². The molecule has 17 nitrogen and oxygen atoms in total. The fourth-order valence-corrected chi connectivity index (χ4v) is 11.5. The second kappa shape index (κ2) is 21.3. The van der Waals surface area contributed by atoms with Crippen molar-refractivity contribution in [3.63, 3.8) is 0 Å². The molecule has 0 aliphatic carbocycles. The number of esters is 1. The monoisotopic (exact) mass is 999 g/mol. The van der Waals surface area contributed by atoms with Crippen LogP contribution in [0.1, 0.15) is 84.6 Å². The van der Waals surface area contributed by atoms with Gasteiger partial charge in [0.25, 0.3) is 11.8 Å². The Morgan fingerprint density at radius 2 is 1.85 bits per heavy atom. The van der Waals surface area contributed by atoms with Crippen LogP contribution in [0.2, 0.25) is 0 Å². The maximum absolute atomic E-state index is 14.9. The number of ether oxygens (including phenoxy) is 3. The lowest BCUT2D eigenvalue weighted by molar-refractivity contribution is -0.697. The van der Waals surface area contributed by atoms with Crippen LogP contribution >= 0.6 is 0 Å². The predicted molar refractivity (Wildman–Crippen MR) is 274 cm³/mol. The van der Waals surface area contributed by atoms with Crippen molar-refractivity contribution in [1.82, 2.24) is 40.0 Å². The highest BCUT2D eigenvalue weighted by molar-refractivity contribution is 5.98. The number of morpholine rings is 1. The molecule has 5 aliphatic heterocycles. The summed E-state index contributed by atoms with van der Waals surface area (Å²) in [6, 6.07) is 11.6. The summed E-state index contributed by atoms with van der Waals surface area (Å²) in [5.74, 6) is 3.76. The van der Waals surface area contributed by atoms with Gasteiger partial charge in [-0.15, -0.1) is 0 Å². The van der Waals surface area contributed by atoms with Gasteiger partial charge in [0.1, 0.15) is 12.1 Å². The molecule has 1 spiro atoms. The van der Waals surface area contributed by atoms with Crippen LogP contribution in [0, 0.1) is 28.6 Å². The average molecular weight is 999 g/mol. The average Bonchev–Trinajstić information content (AvgIpc) is 4.06. The van der Waals surface area contributed by atoms with Crippen molar-refractivity contribution >= 4 is 40.5 Å². The van der Waals surface area contributed by atoms with Gasteiger partial charge in [-0.05, 0) is 106 Å². The van der Waals surface area contributed by atoms with Crippen LogP contribution in [-0.4, -0.2) is 150 Å². The Morgan fingerprint density at radius 1 is 1.04 bits per heavy atom. The first-order valence-corrected chi connectivity index (χ1v) is 26.1. The van der Waals surface area contributed by atoms with Crippen LogP contribution in [0.5, 0.6) is 0 Å². The van der Waals surface area contributed by atoms with Crippen molar-refractivity contribution in [2.75, 3.05) is 66.7 Å². The van der Waals surface area contributed by atoms with E-state index < -0.39 is 46.7 Å². The summed E-state index contributed by atoms with van der Waals surface area (Å²) in [6.45, 7) is 16.1. The Hall–Kier alpha value is -6.19. The number of hydrazine groups is 1. The van der Waals surface area contributed by atoms with Crippen LogP contribution in [0.25, 0.3) is 33.3 Å². The lowest BCUT2D eigenvalue weighted by atomic mass is 9.84. The molecule has 73 heavy (non-hydrogen) atoms. The Kier molecular flexibility index (Phi) is 15.1. The van der Waals surface area contributed by atoms with Gasteiger partial charge in [0, 0.05) is 86.1 Å². The summed E-state index contributed by atoms with van der Waals surface area (Å²) >= 11 is 0. The normalized spacial score (nSPS) is 24.6. The third-order valence-electron chi connectivity index (χ3n) is 15.7. The summed E-state index contributed by atoms with van der Waals surface area (Å²) in [5, 5.41) is 5.62. The summed E-state index contributed by atoms with van der Waals surface area (Å²) in [6.07, 6.45) is 7.96. The second-order valence-electron chi connectivity index (χ2n) is 21.8. The van der Waals surface area contributed by atoms with E-state index >= 15 is 0 Å². The quantitative estimate of drug-likeness (QED) is 0.147. The van der Waals surface area contributed by atoms with Gasteiger partial charge < -0.3 is 33.9 Å². The van der Waals surface area contributed by atoms with E-state index in [1.165, 1.54) is 5.01 Å². The van der Waals surface area contributed by atoms with E-state index in [2.05, 4.69) is 77.1 Å². The van der Waals surface area contributed by atoms with Crippen molar-refractivity contribution in [3.05, 3.63) is 72.3 Å². The fourth-order valence-electron chi connectivity index (χ4n) is 11.5. The third-order valence-corrected chi connectivity index (χ3v) is 15.7. The Labute approximate surface area is 428 Å². The van der Waals surface area contributed by atoms with Gasteiger partial charge in [0.15, 0.2) is 25.0 Å². The number of nitrogens with one attached hydrogen (secondary N) is 2. The number of pyridine rings is 2. The van der Waals surface area contributed by atoms with E-state index in [9.17, 15) is 24.0 Å². The number of hydrogen-bond acceptors (Lipinski definition) is 11. The first kappa shape index (κ1) is 51.7. The smallest absolute Gasteiger partial charge is 0.324 e. The van der Waals surface area contributed by atoms with Gasteiger partial charge in [-0.2, -0.15) is 0 Å². The number of amides is 4. The molecule has 5 aliphatic rings. The van der Waals surface area contributed by atoms with Gasteiger partial charge in [-0.25, -0.2) is 9.99 Å². The molecule has 4 fully saturated rings. The number of hydrogen-bond donors (Lipinski definition) is 2. The molecule has 4 saturated heterocycles. The van der Waals surface area contributed by atoms with Crippen LogP contribution in [0.3, 0.4) is 0 Å². The number of aryl methyl sites for hydroxylation is 1. The molecule has 0 radical (unpaired) electrons. The summed E-state index contributed by atoms with van der Waals surface area (Å²) in [7, 11) is 3.65. The van der Waals surface area contributed by atoms with E-state index in [-0.39, 0.29) is 49.6 Å².